The van der Waals surface area contributed by atoms with Crippen molar-refractivity contribution in [2.45, 2.75) is 6.54 Å². The highest BCUT2D eigenvalue weighted by molar-refractivity contribution is 7.99. The Kier molecular flexibility index (Phi) is 6.27. The number of carbonyl (C=O) groups is 1. The molecule has 0 aromatic carbocycles. The van der Waals surface area contributed by atoms with Crippen LogP contribution in [-0.2, 0) is 6.54 Å². The van der Waals surface area contributed by atoms with Gasteiger partial charge in [0.25, 0.3) is 0 Å². The fourth-order valence-electron chi connectivity index (χ4n) is 1.19. The van der Waals surface area contributed by atoms with Gasteiger partial charge in [0.05, 0.1) is 5.69 Å². The minimum absolute atomic E-state index is 0.152. The van der Waals surface area contributed by atoms with Crippen molar-refractivity contribution in [1.29, 1.82) is 0 Å². The molecular formula is C11H15N3O2S. The first kappa shape index (κ1) is 13.7. The van der Waals surface area contributed by atoms with Crippen LogP contribution in [0.15, 0.2) is 25.2 Å². The standard InChI is InChI=1S/C11H15N3O2S/c1-2-4-17-5-3-12-7-10-9(11(15)16)6-13-8-14-10/h2,6,8,12H,1,3-5,7H2,(H,15,16). The fourth-order valence-corrected chi connectivity index (χ4v) is 1.81. The van der Waals surface area contributed by atoms with E-state index in [9.17, 15) is 4.79 Å². The van der Waals surface area contributed by atoms with Crippen molar-refractivity contribution in [3.63, 3.8) is 0 Å². The lowest BCUT2D eigenvalue weighted by molar-refractivity contribution is 0.0694. The molecule has 0 saturated heterocycles. The molecule has 0 radical (unpaired) electrons. The van der Waals surface area contributed by atoms with Crippen molar-refractivity contribution >= 4 is 17.7 Å². The van der Waals surface area contributed by atoms with Crippen molar-refractivity contribution in [3.05, 3.63) is 36.4 Å². The third kappa shape index (κ3) is 4.97. The zero-order valence-corrected chi connectivity index (χ0v) is 10.2. The van der Waals surface area contributed by atoms with Gasteiger partial charge in [-0.3, -0.25) is 0 Å². The average Bonchev–Trinajstić information content (AvgIpc) is 2.34. The number of thioether (sulfide) groups is 1. The molecule has 1 aromatic rings. The molecule has 0 aliphatic heterocycles. The van der Waals surface area contributed by atoms with Gasteiger partial charge in [-0.05, 0) is 0 Å². The largest absolute Gasteiger partial charge is 0.478 e. The van der Waals surface area contributed by atoms with Crippen LogP contribution in [0.25, 0.3) is 0 Å². The lowest BCUT2D eigenvalue weighted by Gasteiger charge is -2.05. The van der Waals surface area contributed by atoms with Crippen molar-refractivity contribution in [2.24, 2.45) is 0 Å². The highest BCUT2D eigenvalue weighted by atomic mass is 32.2. The van der Waals surface area contributed by atoms with Crippen LogP contribution in [-0.4, -0.2) is 39.1 Å². The highest BCUT2D eigenvalue weighted by Crippen LogP contribution is 2.03. The molecule has 0 atom stereocenters. The Morgan fingerprint density at radius 2 is 2.47 bits per heavy atom. The Balaban J connectivity index is 2.36. The zero-order valence-electron chi connectivity index (χ0n) is 9.43. The Morgan fingerprint density at radius 1 is 1.65 bits per heavy atom. The average molecular weight is 253 g/mol. The molecule has 17 heavy (non-hydrogen) atoms. The Bertz CT molecular complexity index is 385. The Morgan fingerprint density at radius 3 is 3.18 bits per heavy atom. The Hall–Kier alpha value is -1.40. The van der Waals surface area contributed by atoms with E-state index in [-0.39, 0.29) is 5.56 Å². The maximum absolute atomic E-state index is 10.9. The second-order valence-electron chi connectivity index (χ2n) is 3.23. The monoisotopic (exact) mass is 253 g/mol. The number of carboxylic acid groups (broad SMARTS) is 1. The minimum atomic E-state index is -0.997. The van der Waals surface area contributed by atoms with Crippen molar-refractivity contribution < 1.29 is 9.90 Å². The van der Waals surface area contributed by atoms with E-state index in [1.165, 1.54) is 12.5 Å². The summed E-state index contributed by atoms with van der Waals surface area (Å²) in [5.74, 6) is 0.887. The number of rotatable bonds is 8. The number of hydrogen-bond acceptors (Lipinski definition) is 5. The van der Waals surface area contributed by atoms with Crippen LogP contribution in [0.1, 0.15) is 16.1 Å². The van der Waals surface area contributed by atoms with Gasteiger partial charge < -0.3 is 10.4 Å². The van der Waals surface area contributed by atoms with Crippen molar-refractivity contribution in [3.8, 4) is 0 Å². The van der Waals surface area contributed by atoms with E-state index in [1.54, 1.807) is 11.8 Å². The fraction of sp³-hybridized carbons (Fsp3) is 0.364. The molecule has 2 N–H and O–H groups in total. The first-order valence-corrected chi connectivity index (χ1v) is 6.32. The van der Waals surface area contributed by atoms with Crippen LogP contribution in [0.5, 0.6) is 0 Å². The Labute approximate surface area is 104 Å². The van der Waals surface area contributed by atoms with E-state index in [0.29, 0.717) is 12.2 Å². The molecule has 5 nitrogen and oxygen atoms in total. The molecule has 1 rings (SSSR count). The SMILES string of the molecule is C=CCSCCNCc1ncncc1C(=O)O. The summed E-state index contributed by atoms with van der Waals surface area (Å²) in [7, 11) is 0. The van der Waals surface area contributed by atoms with E-state index < -0.39 is 5.97 Å². The third-order valence-corrected chi connectivity index (χ3v) is 2.94. The number of hydrogen-bond donors (Lipinski definition) is 2. The molecule has 0 amide bonds. The lowest BCUT2D eigenvalue weighted by Crippen LogP contribution is -2.19. The van der Waals surface area contributed by atoms with Gasteiger partial charge in [0.1, 0.15) is 11.9 Å². The summed E-state index contributed by atoms with van der Waals surface area (Å²) in [4.78, 5) is 18.5. The first-order valence-electron chi connectivity index (χ1n) is 5.17. The molecule has 0 aliphatic rings. The predicted octanol–water partition coefficient (Wildman–Crippen LogP) is 1.18. The third-order valence-electron chi connectivity index (χ3n) is 1.98. The topological polar surface area (TPSA) is 75.1 Å². The van der Waals surface area contributed by atoms with Gasteiger partial charge in [0.2, 0.25) is 0 Å². The molecule has 0 fully saturated rings. The van der Waals surface area contributed by atoms with E-state index in [2.05, 4.69) is 21.9 Å². The van der Waals surface area contributed by atoms with Crippen LogP contribution < -0.4 is 5.32 Å². The molecule has 6 heteroatoms. The smallest absolute Gasteiger partial charge is 0.339 e. The number of aromatic nitrogens is 2. The van der Waals surface area contributed by atoms with E-state index >= 15 is 0 Å². The highest BCUT2D eigenvalue weighted by Gasteiger charge is 2.10. The number of aromatic carboxylic acids is 1. The second-order valence-corrected chi connectivity index (χ2v) is 4.38. The molecular weight excluding hydrogens is 238 g/mol. The first-order chi connectivity index (χ1) is 8.25. The molecule has 1 aromatic heterocycles. The number of nitrogens with zero attached hydrogens (tertiary/aromatic N) is 2. The van der Waals surface area contributed by atoms with Crippen LogP contribution in [0.3, 0.4) is 0 Å². The lowest BCUT2D eigenvalue weighted by atomic mass is 10.2. The van der Waals surface area contributed by atoms with Crippen LogP contribution >= 0.6 is 11.8 Å². The van der Waals surface area contributed by atoms with Gasteiger partial charge in [-0.1, -0.05) is 6.08 Å². The van der Waals surface area contributed by atoms with Gasteiger partial charge >= 0.3 is 5.97 Å². The summed E-state index contributed by atoms with van der Waals surface area (Å²) >= 11 is 1.77. The van der Waals surface area contributed by atoms with E-state index in [1.807, 2.05) is 6.08 Å². The summed E-state index contributed by atoms with van der Waals surface area (Å²) in [6, 6.07) is 0. The van der Waals surface area contributed by atoms with E-state index in [0.717, 1.165) is 18.1 Å². The molecule has 0 unspecified atom stereocenters. The van der Waals surface area contributed by atoms with Gasteiger partial charge in [-0.2, -0.15) is 11.8 Å². The van der Waals surface area contributed by atoms with Crippen molar-refractivity contribution in [1.82, 2.24) is 15.3 Å². The molecule has 0 bridgehead atoms. The second kappa shape index (κ2) is 7.81. The maximum Gasteiger partial charge on any atom is 0.339 e. The van der Waals surface area contributed by atoms with Crippen molar-refractivity contribution in [2.75, 3.05) is 18.1 Å². The van der Waals surface area contributed by atoms with Gasteiger partial charge in [-0.25, -0.2) is 14.8 Å². The quantitative estimate of drug-likeness (QED) is 0.535. The normalized spacial score (nSPS) is 10.1. The molecule has 0 saturated carbocycles. The predicted molar refractivity (Wildman–Crippen MR) is 68.2 cm³/mol. The molecule has 1 heterocycles. The van der Waals surface area contributed by atoms with Gasteiger partial charge in [0.15, 0.2) is 0 Å². The summed E-state index contributed by atoms with van der Waals surface area (Å²) in [6.45, 7) is 4.88. The summed E-state index contributed by atoms with van der Waals surface area (Å²) in [5, 5.41) is 12.1. The number of carboxylic acids is 1. The van der Waals surface area contributed by atoms with Crippen LogP contribution in [0, 0.1) is 0 Å². The maximum atomic E-state index is 10.9. The summed E-state index contributed by atoms with van der Waals surface area (Å²) in [5.41, 5.74) is 0.667. The number of nitrogens with one attached hydrogen (secondary N) is 1. The summed E-state index contributed by atoms with van der Waals surface area (Å²) in [6.07, 6.45) is 4.53. The minimum Gasteiger partial charge on any atom is -0.478 e. The van der Waals surface area contributed by atoms with Crippen LogP contribution in [0.2, 0.25) is 0 Å². The molecule has 0 spiro atoms. The van der Waals surface area contributed by atoms with Gasteiger partial charge in [0, 0.05) is 30.8 Å². The molecule has 0 aliphatic carbocycles. The molecule has 92 valence electrons. The zero-order chi connectivity index (χ0) is 12.5. The summed E-state index contributed by atoms with van der Waals surface area (Å²) < 4.78 is 0. The van der Waals surface area contributed by atoms with Crippen LogP contribution in [0.4, 0.5) is 0 Å². The van der Waals surface area contributed by atoms with Gasteiger partial charge in [-0.15, -0.1) is 6.58 Å². The van der Waals surface area contributed by atoms with E-state index in [4.69, 9.17) is 5.11 Å².